The van der Waals surface area contributed by atoms with Crippen LogP contribution in [0.1, 0.15) is 19.4 Å². The van der Waals surface area contributed by atoms with E-state index in [2.05, 4.69) is 31.3 Å². The first kappa shape index (κ1) is 16.7. The van der Waals surface area contributed by atoms with Crippen LogP contribution in [0.3, 0.4) is 0 Å². The normalized spacial score (nSPS) is 11.1. The Bertz CT molecular complexity index is 582. The molecular weight excluding hydrogens is 321 g/mol. The monoisotopic (exact) mass is 339 g/mol. The molecule has 2 rings (SSSR count). The highest BCUT2D eigenvalue weighted by molar-refractivity contribution is 7.99. The Morgan fingerprint density at radius 1 is 1.00 bits per heavy atom. The average Bonchev–Trinajstić information content (AvgIpc) is 2.43. The minimum atomic E-state index is 0.642. The summed E-state index contributed by atoms with van der Waals surface area (Å²) in [5.41, 5.74) is 1.14. The highest BCUT2D eigenvalue weighted by Gasteiger charge is 2.04. The van der Waals surface area contributed by atoms with Crippen LogP contribution in [-0.2, 0) is 6.54 Å². The number of rotatable bonds is 6. The number of hydrogen-bond donors (Lipinski definition) is 1. The standard InChI is InChI=1S/C17H19Cl2NS/c1-12(2)10-20-11-13-3-6-16(9-17(13)19)21-15-7-4-14(18)5-8-15/h3-9,12,20H,10-11H2,1-2H3. The van der Waals surface area contributed by atoms with E-state index < -0.39 is 0 Å². The fourth-order valence-electron chi connectivity index (χ4n) is 1.87. The number of nitrogens with one attached hydrogen (secondary N) is 1. The van der Waals surface area contributed by atoms with Gasteiger partial charge in [0.1, 0.15) is 0 Å². The Balaban J connectivity index is 1.99. The maximum atomic E-state index is 6.36. The summed E-state index contributed by atoms with van der Waals surface area (Å²) in [5, 5.41) is 4.98. The highest BCUT2D eigenvalue weighted by atomic mass is 35.5. The molecular formula is C17H19Cl2NS. The van der Waals surface area contributed by atoms with Crippen molar-refractivity contribution in [2.75, 3.05) is 6.54 Å². The van der Waals surface area contributed by atoms with E-state index in [4.69, 9.17) is 23.2 Å². The zero-order chi connectivity index (χ0) is 15.2. The molecule has 0 radical (unpaired) electrons. The van der Waals surface area contributed by atoms with Gasteiger partial charge < -0.3 is 5.32 Å². The predicted molar refractivity (Wildman–Crippen MR) is 93.6 cm³/mol. The van der Waals surface area contributed by atoms with Crippen molar-refractivity contribution >= 4 is 35.0 Å². The van der Waals surface area contributed by atoms with Crippen molar-refractivity contribution in [3.63, 3.8) is 0 Å². The molecule has 2 aromatic rings. The van der Waals surface area contributed by atoms with E-state index in [-0.39, 0.29) is 0 Å². The molecule has 0 aromatic heterocycles. The molecule has 0 aliphatic rings. The molecule has 0 bridgehead atoms. The molecule has 0 atom stereocenters. The molecule has 4 heteroatoms. The van der Waals surface area contributed by atoms with Gasteiger partial charge in [0.2, 0.25) is 0 Å². The highest BCUT2D eigenvalue weighted by Crippen LogP contribution is 2.31. The molecule has 2 aromatic carbocycles. The summed E-state index contributed by atoms with van der Waals surface area (Å²) in [6.45, 7) is 6.20. The molecule has 0 saturated heterocycles. The summed E-state index contributed by atoms with van der Waals surface area (Å²) >= 11 is 13.9. The lowest BCUT2D eigenvalue weighted by molar-refractivity contribution is 0.552. The fourth-order valence-corrected chi connectivity index (χ4v) is 3.16. The topological polar surface area (TPSA) is 12.0 Å². The number of halogens is 2. The Labute approximate surface area is 141 Å². The third-order valence-corrected chi connectivity index (χ3v) is 4.54. The minimum Gasteiger partial charge on any atom is -0.312 e. The van der Waals surface area contributed by atoms with Gasteiger partial charge >= 0.3 is 0 Å². The van der Waals surface area contributed by atoms with Crippen molar-refractivity contribution in [2.45, 2.75) is 30.2 Å². The number of benzene rings is 2. The van der Waals surface area contributed by atoms with Crippen LogP contribution in [0.25, 0.3) is 0 Å². The molecule has 1 nitrogen and oxygen atoms in total. The van der Waals surface area contributed by atoms with E-state index in [0.29, 0.717) is 5.92 Å². The molecule has 0 heterocycles. The van der Waals surface area contributed by atoms with Crippen LogP contribution in [0.15, 0.2) is 52.3 Å². The van der Waals surface area contributed by atoms with Crippen LogP contribution in [0, 0.1) is 5.92 Å². The van der Waals surface area contributed by atoms with Gasteiger partial charge in [0, 0.05) is 26.4 Å². The molecule has 21 heavy (non-hydrogen) atoms. The van der Waals surface area contributed by atoms with Crippen molar-refractivity contribution in [1.82, 2.24) is 5.32 Å². The van der Waals surface area contributed by atoms with Crippen LogP contribution in [-0.4, -0.2) is 6.54 Å². The third kappa shape index (κ3) is 5.55. The summed E-state index contributed by atoms with van der Waals surface area (Å²) in [7, 11) is 0. The van der Waals surface area contributed by atoms with E-state index in [1.807, 2.05) is 30.3 Å². The van der Waals surface area contributed by atoms with Crippen molar-refractivity contribution in [3.05, 3.63) is 58.1 Å². The number of hydrogen-bond acceptors (Lipinski definition) is 2. The van der Waals surface area contributed by atoms with Crippen LogP contribution in [0.5, 0.6) is 0 Å². The first-order valence-corrected chi connectivity index (χ1v) is 8.54. The lowest BCUT2D eigenvalue weighted by Crippen LogP contribution is -2.19. The van der Waals surface area contributed by atoms with Crippen LogP contribution >= 0.6 is 35.0 Å². The van der Waals surface area contributed by atoms with Crippen LogP contribution in [0.4, 0.5) is 0 Å². The van der Waals surface area contributed by atoms with E-state index in [1.165, 1.54) is 0 Å². The quantitative estimate of drug-likeness (QED) is 0.704. The SMILES string of the molecule is CC(C)CNCc1ccc(Sc2ccc(Cl)cc2)cc1Cl. The lowest BCUT2D eigenvalue weighted by atomic mass is 10.2. The Morgan fingerprint density at radius 3 is 2.29 bits per heavy atom. The second-order valence-corrected chi connectivity index (χ2v) is 7.32. The molecule has 0 aliphatic heterocycles. The third-order valence-electron chi connectivity index (χ3n) is 2.94. The second kappa shape index (κ2) is 8.09. The first-order valence-electron chi connectivity index (χ1n) is 6.97. The molecule has 112 valence electrons. The smallest absolute Gasteiger partial charge is 0.0462 e. The molecule has 0 aliphatic carbocycles. The van der Waals surface area contributed by atoms with E-state index >= 15 is 0 Å². The van der Waals surface area contributed by atoms with Gasteiger partial charge in [-0.3, -0.25) is 0 Å². The maximum absolute atomic E-state index is 6.36. The predicted octanol–water partition coefficient (Wildman–Crippen LogP) is 5.89. The Morgan fingerprint density at radius 2 is 1.67 bits per heavy atom. The second-order valence-electron chi connectivity index (χ2n) is 5.33. The van der Waals surface area contributed by atoms with E-state index in [9.17, 15) is 0 Å². The summed E-state index contributed by atoms with van der Waals surface area (Å²) in [5.74, 6) is 0.642. The van der Waals surface area contributed by atoms with Crippen LogP contribution < -0.4 is 5.32 Å². The molecule has 0 saturated carbocycles. The summed E-state index contributed by atoms with van der Waals surface area (Å²) in [6.07, 6.45) is 0. The lowest BCUT2D eigenvalue weighted by Gasteiger charge is -2.10. The van der Waals surface area contributed by atoms with E-state index in [0.717, 1.165) is 38.5 Å². The molecule has 1 N–H and O–H groups in total. The van der Waals surface area contributed by atoms with Gasteiger partial charge in [0.15, 0.2) is 0 Å². The Kier molecular flexibility index (Phi) is 6.43. The average molecular weight is 340 g/mol. The van der Waals surface area contributed by atoms with Gasteiger partial charge in [0.25, 0.3) is 0 Å². The molecule has 0 amide bonds. The van der Waals surface area contributed by atoms with Gasteiger partial charge in [-0.15, -0.1) is 0 Å². The summed E-state index contributed by atoms with van der Waals surface area (Å²) in [4.78, 5) is 2.29. The summed E-state index contributed by atoms with van der Waals surface area (Å²) < 4.78 is 0. The van der Waals surface area contributed by atoms with E-state index in [1.54, 1.807) is 11.8 Å². The van der Waals surface area contributed by atoms with Gasteiger partial charge in [0.05, 0.1) is 0 Å². The van der Waals surface area contributed by atoms with Crippen LogP contribution in [0.2, 0.25) is 10.0 Å². The largest absolute Gasteiger partial charge is 0.312 e. The van der Waals surface area contributed by atoms with Gasteiger partial charge in [-0.1, -0.05) is 54.9 Å². The molecule has 0 fully saturated rings. The van der Waals surface area contributed by atoms with Gasteiger partial charge in [-0.25, -0.2) is 0 Å². The fraction of sp³-hybridized carbons (Fsp3) is 0.294. The zero-order valence-electron chi connectivity index (χ0n) is 12.2. The first-order chi connectivity index (χ1) is 10.0. The van der Waals surface area contributed by atoms with Crippen molar-refractivity contribution in [1.29, 1.82) is 0 Å². The van der Waals surface area contributed by atoms with Crippen molar-refractivity contribution in [2.24, 2.45) is 5.92 Å². The maximum Gasteiger partial charge on any atom is 0.0462 e. The minimum absolute atomic E-state index is 0.642. The summed E-state index contributed by atoms with van der Waals surface area (Å²) in [6, 6.07) is 14.0. The molecule has 0 unspecified atom stereocenters. The molecule has 0 spiro atoms. The van der Waals surface area contributed by atoms with Gasteiger partial charge in [-0.05, 0) is 54.4 Å². The van der Waals surface area contributed by atoms with Crippen molar-refractivity contribution in [3.8, 4) is 0 Å². The Hall–Kier alpha value is -0.670. The van der Waals surface area contributed by atoms with Crippen molar-refractivity contribution < 1.29 is 0 Å². The van der Waals surface area contributed by atoms with Gasteiger partial charge in [-0.2, -0.15) is 0 Å². The zero-order valence-corrected chi connectivity index (χ0v) is 14.5.